The molecule has 1 aliphatic rings. The Hall–Kier alpha value is -2.56. The molecule has 0 saturated heterocycles. The molecule has 1 atom stereocenters. The van der Waals surface area contributed by atoms with Crippen molar-refractivity contribution < 1.29 is 13.9 Å². The maximum absolute atomic E-state index is 13.4. The number of para-hydroxylation sites is 1. The SMILES string of the molecule is COc1cc(NC(=O)C2CNc3ccccc32)ccc1F. The van der Waals surface area contributed by atoms with E-state index in [0.29, 0.717) is 12.2 Å². The number of ether oxygens (including phenoxy) is 1. The maximum atomic E-state index is 13.4. The molecule has 0 radical (unpaired) electrons. The summed E-state index contributed by atoms with van der Waals surface area (Å²) in [5.74, 6) is -0.723. The molecule has 0 spiro atoms. The van der Waals surface area contributed by atoms with Crippen molar-refractivity contribution in [2.75, 3.05) is 24.3 Å². The van der Waals surface area contributed by atoms with Crippen LogP contribution in [-0.2, 0) is 4.79 Å². The van der Waals surface area contributed by atoms with Crippen molar-refractivity contribution in [2.24, 2.45) is 0 Å². The Bertz CT molecular complexity index is 688. The lowest BCUT2D eigenvalue weighted by atomic mass is 10.0. The lowest BCUT2D eigenvalue weighted by Gasteiger charge is -2.12. The molecule has 1 aliphatic heterocycles. The van der Waals surface area contributed by atoms with Crippen LogP contribution in [0.4, 0.5) is 15.8 Å². The van der Waals surface area contributed by atoms with Crippen LogP contribution >= 0.6 is 0 Å². The Labute approximate surface area is 121 Å². The highest BCUT2D eigenvalue weighted by Crippen LogP contribution is 2.32. The van der Waals surface area contributed by atoms with E-state index in [1.807, 2.05) is 24.3 Å². The van der Waals surface area contributed by atoms with Crippen LogP contribution in [0.5, 0.6) is 5.75 Å². The van der Waals surface area contributed by atoms with E-state index in [-0.39, 0.29) is 17.6 Å². The summed E-state index contributed by atoms with van der Waals surface area (Å²) in [7, 11) is 1.39. The van der Waals surface area contributed by atoms with Gasteiger partial charge in [-0.05, 0) is 23.8 Å². The Balaban J connectivity index is 1.79. The summed E-state index contributed by atoms with van der Waals surface area (Å²) in [4.78, 5) is 12.4. The highest BCUT2D eigenvalue weighted by Gasteiger charge is 2.28. The van der Waals surface area contributed by atoms with E-state index in [1.54, 1.807) is 0 Å². The van der Waals surface area contributed by atoms with Crippen molar-refractivity contribution >= 4 is 17.3 Å². The fraction of sp³-hybridized carbons (Fsp3) is 0.188. The molecular formula is C16H15FN2O2. The van der Waals surface area contributed by atoms with Gasteiger partial charge < -0.3 is 15.4 Å². The monoisotopic (exact) mass is 286 g/mol. The average Bonchev–Trinajstić information content (AvgIpc) is 2.93. The molecule has 5 heteroatoms. The Morgan fingerprint density at radius 1 is 1.33 bits per heavy atom. The third-order valence-corrected chi connectivity index (χ3v) is 3.57. The second-order valence-corrected chi connectivity index (χ2v) is 4.86. The molecule has 0 aromatic heterocycles. The van der Waals surface area contributed by atoms with Crippen LogP contribution < -0.4 is 15.4 Å². The number of hydrogen-bond acceptors (Lipinski definition) is 3. The van der Waals surface area contributed by atoms with Gasteiger partial charge in [-0.1, -0.05) is 18.2 Å². The van der Waals surface area contributed by atoms with Gasteiger partial charge in [-0.2, -0.15) is 0 Å². The van der Waals surface area contributed by atoms with Gasteiger partial charge in [-0.3, -0.25) is 4.79 Å². The highest BCUT2D eigenvalue weighted by molar-refractivity contribution is 5.98. The summed E-state index contributed by atoms with van der Waals surface area (Å²) in [5, 5.41) is 6.00. The average molecular weight is 286 g/mol. The van der Waals surface area contributed by atoms with Gasteiger partial charge in [0.25, 0.3) is 0 Å². The molecule has 108 valence electrons. The van der Waals surface area contributed by atoms with Crippen LogP contribution in [0.3, 0.4) is 0 Å². The van der Waals surface area contributed by atoms with Crippen LogP contribution in [-0.4, -0.2) is 19.6 Å². The van der Waals surface area contributed by atoms with Crippen molar-refractivity contribution in [1.82, 2.24) is 0 Å². The zero-order valence-electron chi connectivity index (χ0n) is 11.5. The number of benzene rings is 2. The van der Waals surface area contributed by atoms with Crippen molar-refractivity contribution in [2.45, 2.75) is 5.92 Å². The van der Waals surface area contributed by atoms with Crippen LogP contribution in [0.1, 0.15) is 11.5 Å². The first-order valence-corrected chi connectivity index (χ1v) is 6.66. The van der Waals surface area contributed by atoms with Gasteiger partial charge >= 0.3 is 0 Å². The number of amides is 1. The van der Waals surface area contributed by atoms with E-state index in [9.17, 15) is 9.18 Å². The number of hydrogen-bond donors (Lipinski definition) is 2. The lowest BCUT2D eigenvalue weighted by Crippen LogP contribution is -2.22. The number of carbonyl (C=O) groups is 1. The molecule has 2 aromatic rings. The van der Waals surface area contributed by atoms with Crippen LogP contribution in [0.2, 0.25) is 0 Å². The number of methoxy groups -OCH3 is 1. The third kappa shape index (κ3) is 2.54. The van der Waals surface area contributed by atoms with E-state index in [4.69, 9.17) is 4.74 Å². The lowest BCUT2D eigenvalue weighted by molar-refractivity contribution is -0.117. The number of rotatable bonds is 3. The fourth-order valence-electron chi connectivity index (χ4n) is 2.48. The number of carbonyl (C=O) groups excluding carboxylic acids is 1. The van der Waals surface area contributed by atoms with E-state index >= 15 is 0 Å². The molecule has 21 heavy (non-hydrogen) atoms. The number of nitrogens with one attached hydrogen (secondary N) is 2. The van der Waals surface area contributed by atoms with Gasteiger partial charge in [0.1, 0.15) is 0 Å². The van der Waals surface area contributed by atoms with Gasteiger partial charge in [-0.25, -0.2) is 4.39 Å². The van der Waals surface area contributed by atoms with Crippen LogP contribution in [0.15, 0.2) is 42.5 Å². The summed E-state index contributed by atoms with van der Waals surface area (Å²) in [6.07, 6.45) is 0. The molecule has 0 saturated carbocycles. The molecule has 1 amide bonds. The fourth-order valence-corrected chi connectivity index (χ4v) is 2.48. The predicted molar refractivity (Wildman–Crippen MR) is 79.3 cm³/mol. The zero-order valence-corrected chi connectivity index (χ0v) is 11.5. The number of halogens is 1. The molecule has 2 N–H and O–H groups in total. The van der Waals surface area contributed by atoms with Gasteiger partial charge in [-0.15, -0.1) is 0 Å². The molecule has 0 fully saturated rings. The van der Waals surface area contributed by atoms with E-state index in [2.05, 4.69) is 10.6 Å². The van der Waals surface area contributed by atoms with Gasteiger partial charge in [0.2, 0.25) is 5.91 Å². The molecule has 1 unspecified atom stereocenters. The van der Waals surface area contributed by atoms with E-state index in [1.165, 1.54) is 25.3 Å². The quantitative estimate of drug-likeness (QED) is 0.912. The first-order valence-electron chi connectivity index (χ1n) is 6.66. The summed E-state index contributed by atoms with van der Waals surface area (Å²) in [5.41, 5.74) is 2.47. The summed E-state index contributed by atoms with van der Waals surface area (Å²) in [6, 6.07) is 12.0. The van der Waals surface area contributed by atoms with Gasteiger partial charge in [0, 0.05) is 24.0 Å². The Kier molecular flexibility index (Phi) is 3.48. The smallest absolute Gasteiger partial charge is 0.233 e. The second kappa shape index (κ2) is 5.44. The molecule has 0 bridgehead atoms. The molecule has 3 rings (SSSR count). The standard InChI is InChI=1S/C16H15FN2O2/c1-21-15-8-10(6-7-13(15)17)19-16(20)12-9-18-14-5-3-2-4-11(12)14/h2-8,12,18H,9H2,1H3,(H,19,20). The Morgan fingerprint density at radius 2 is 2.14 bits per heavy atom. The molecule has 2 aromatic carbocycles. The molecular weight excluding hydrogens is 271 g/mol. The number of fused-ring (bicyclic) bond motifs is 1. The van der Waals surface area contributed by atoms with Crippen LogP contribution in [0, 0.1) is 5.82 Å². The molecule has 1 heterocycles. The summed E-state index contributed by atoms with van der Waals surface area (Å²) >= 11 is 0. The van der Waals surface area contributed by atoms with Crippen molar-refractivity contribution in [3.8, 4) is 5.75 Å². The summed E-state index contributed by atoms with van der Waals surface area (Å²) in [6.45, 7) is 0.559. The van der Waals surface area contributed by atoms with Crippen LogP contribution in [0.25, 0.3) is 0 Å². The van der Waals surface area contributed by atoms with E-state index in [0.717, 1.165) is 11.3 Å². The van der Waals surface area contributed by atoms with E-state index < -0.39 is 5.82 Å². The first-order chi connectivity index (χ1) is 10.2. The predicted octanol–water partition coefficient (Wildman–Crippen LogP) is 2.98. The van der Waals surface area contributed by atoms with Crippen molar-refractivity contribution in [3.63, 3.8) is 0 Å². The third-order valence-electron chi connectivity index (χ3n) is 3.57. The Morgan fingerprint density at radius 3 is 2.95 bits per heavy atom. The van der Waals surface area contributed by atoms with Crippen molar-refractivity contribution in [1.29, 1.82) is 0 Å². The minimum atomic E-state index is -0.455. The van der Waals surface area contributed by atoms with Gasteiger partial charge in [0.05, 0.1) is 13.0 Å². The largest absolute Gasteiger partial charge is 0.494 e. The highest BCUT2D eigenvalue weighted by atomic mass is 19.1. The minimum absolute atomic E-state index is 0.109. The normalized spacial score (nSPS) is 16.0. The number of anilines is 2. The zero-order chi connectivity index (χ0) is 14.8. The van der Waals surface area contributed by atoms with Crippen molar-refractivity contribution in [3.05, 3.63) is 53.8 Å². The molecule has 0 aliphatic carbocycles. The first kappa shape index (κ1) is 13.4. The summed E-state index contributed by atoms with van der Waals surface area (Å²) < 4.78 is 18.3. The maximum Gasteiger partial charge on any atom is 0.233 e. The minimum Gasteiger partial charge on any atom is -0.494 e. The molecule has 4 nitrogen and oxygen atoms in total. The topological polar surface area (TPSA) is 50.4 Å². The van der Waals surface area contributed by atoms with Gasteiger partial charge in [0.15, 0.2) is 11.6 Å². The second-order valence-electron chi connectivity index (χ2n) is 4.86.